The van der Waals surface area contributed by atoms with Gasteiger partial charge in [-0.05, 0) is 105 Å². The van der Waals surface area contributed by atoms with Gasteiger partial charge in [-0.1, -0.05) is 19.1 Å². The van der Waals surface area contributed by atoms with Crippen molar-refractivity contribution in [3.8, 4) is 11.4 Å². The number of amides is 1. The first-order chi connectivity index (χ1) is 27.3. The lowest BCUT2D eigenvalue weighted by Crippen LogP contribution is -2.61. The number of esters is 1. The van der Waals surface area contributed by atoms with E-state index in [-0.39, 0.29) is 24.5 Å². The van der Waals surface area contributed by atoms with Crippen LogP contribution in [0.25, 0.3) is 11.4 Å². The lowest BCUT2D eigenvalue weighted by atomic mass is 9.83. The highest BCUT2D eigenvalue weighted by Gasteiger charge is 2.59. The van der Waals surface area contributed by atoms with Gasteiger partial charge in [0.25, 0.3) is 5.67 Å². The van der Waals surface area contributed by atoms with Crippen LogP contribution in [0.1, 0.15) is 87.0 Å². The molecule has 12 atom stereocenters. The summed E-state index contributed by atoms with van der Waals surface area (Å²) in [6.07, 6.45) is -0.238. The number of aliphatic hydroxyl groups excluding tert-OH is 1. The Balaban J connectivity index is 1.38. The van der Waals surface area contributed by atoms with Gasteiger partial charge in [0.05, 0.1) is 30.0 Å². The third kappa shape index (κ3) is 9.84. The molecule has 2 N–H and O–H groups in total. The Morgan fingerprint density at radius 1 is 1.09 bits per heavy atom. The number of methoxy groups -OCH3 is 1. The third-order valence-electron chi connectivity index (χ3n) is 12.1. The number of aryl methyl sites for hydroxylation is 1. The number of Topliss-reactive ketones (excluding diaryl/α,β-unsaturated/α-hetero) is 1. The van der Waals surface area contributed by atoms with Crippen molar-refractivity contribution in [1.29, 1.82) is 0 Å². The van der Waals surface area contributed by atoms with E-state index >= 15 is 4.39 Å². The van der Waals surface area contributed by atoms with E-state index in [0.29, 0.717) is 56.7 Å². The van der Waals surface area contributed by atoms with Gasteiger partial charge < -0.3 is 39.0 Å². The quantitative estimate of drug-likeness (QED) is 0.191. The number of nitrogens with zero attached hydrogens (tertiary/aromatic N) is 7. The molecular weight excluding hydrogens is 755 g/mol. The zero-order chi connectivity index (χ0) is 42.6. The van der Waals surface area contributed by atoms with Crippen LogP contribution in [0.4, 0.5) is 9.18 Å². The number of hydrogen-bond acceptors (Lipinski definition) is 15. The smallest absolute Gasteiger partial charge is 0.410 e. The Morgan fingerprint density at radius 2 is 1.81 bits per heavy atom. The number of ether oxygens (including phenoxy) is 5. The van der Waals surface area contributed by atoms with Gasteiger partial charge in [-0.25, -0.2) is 14.0 Å². The summed E-state index contributed by atoms with van der Waals surface area (Å²) in [5.74, 6) is -2.59. The number of hydrogen-bond donors (Lipinski definition) is 2. The Bertz CT molecular complexity index is 1700. The molecule has 2 aromatic heterocycles. The number of nitrogens with one attached hydrogen (secondary N) is 1. The Labute approximate surface area is 340 Å². The normalized spacial score (nSPS) is 36.9. The van der Waals surface area contributed by atoms with Crippen molar-refractivity contribution in [3.63, 3.8) is 0 Å². The maximum atomic E-state index is 16.7. The van der Waals surface area contributed by atoms with Gasteiger partial charge in [0, 0.05) is 44.9 Å². The molecule has 3 fully saturated rings. The van der Waals surface area contributed by atoms with Crippen LogP contribution in [0.2, 0.25) is 0 Å². The maximum Gasteiger partial charge on any atom is 0.410 e. The van der Waals surface area contributed by atoms with Crippen molar-refractivity contribution in [3.05, 3.63) is 24.5 Å². The van der Waals surface area contributed by atoms with Gasteiger partial charge in [-0.2, -0.15) is 5.10 Å². The number of cyclic esters (lactones) is 1. The van der Waals surface area contributed by atoms with Crippen molar-refractivity contribution < 1.29 is 47.6 Å². The van der Waals surface area contributed by atoms with Crippen LogP contribution in [0.3, 0.4) is 0 Å². The van der Waals surface area contributed by atoms with Crippen LogP contribution in [-0.2, 0) is 39.8 Å². The lowest BCUT2D eigenvalue weighted by molar-refractivity contribution is -0.289. The minimum atomic E-state index is -3.10. The predicted molar refractivity (Wildman–Crippen MR) is 209 cm³/mol. The molecule has 0 radical (unpaired) electrons. The van der Waals surface area contributed by atoms with Gasteiger partial charge in [-0.15, -0.1) is 10.2 Å². The molecule has 0 saturated carbocycles. The van der Waals surface area contributed by atoms with E-state index in [4.69, 9.17) is 23.7 Å². The first-order valence-electron chi connectivity index (χ1n) is 20.4. The molecule has 18 heteroatoms. The summed E-state index contributed by atoms with van der Waals surface area (Å²) in [7, 11) is 5.19. The highest BCUT2D eigenvalue weighted by Crippen LogP contribution is 2.40. The van der Waals surface area contributed by atoms with E-state index in [9.17, 15) is 19.5 Å². The molecule has 3 aliphatic rings. The summed E-state index contributed by atoms with van der Waals surface area (Å²) in [5, 5.41) is 31.3. The van der Waals surface area contributed by atoms with Crippen molar-refractivity contribution in [1.82, 2.24) is 40.3 Å². The van der Waals surface area contributed by atoms with Crippen LogP contribution in [0.5, 0.6) is 0 Å². The minimum Gasteiger partial charge on any atom is -0.455 e. The van der Waals surface area contributed by atoms with Crippen molar-refractivity contribution in [2.24, 2.45) is 5.92 Å². The first kappa shape index (κ1) is 45.4. The van der Waals surface area contributed by atoms with Crippen molar-refractivity contribution >= 4 is 17.8 Å². The van der Waals surface area contributed by atoms with Crippen molar-refractivity contribution in [2.45, 2.75) is 159 Å². The number of fused-ring (bicyclic) bond motifs is 1. The minimum absolute atomic E-state index is 0.104. The molecule has 5 heterocycles. The summed E-state index contributed by atoms with van der Waals surface area (Å²) in [6, 6.07) is 2.24. The fourth-order valence-corrected chi connectivity index (χ4v) is 8.66. The van der Waals surface area contributed by atoms with E-state index in [1.807, 2.05) is 39.8 Å². The topological polar surface area (TPSA) is 193 Å². The molecule has 0 spiro atoms. The summed E-state index contributed by atoms with van der Waals surface area (Å²) in [5.41, 5.74) is -4.50. The Kier molecular flexibility index (Phi) is 14.6. The van der Waals surface area contributed by atoms with Crippen LogP contribution in [-0.4, -0.2) is 158 Å². The Hall–Kier alpha value is -3.68. The van der Waals surface area contributed by atoms with E-state index in [0.717, 1.165) is 6.92 Å². The molecule has 1 amide bonds. The highest BCUT2D eigenvalue weighted by atomic mass is 19.1. The number of carbonyl (C=O) groups is 3. The van der Waals surface area contributed by atoms with Crippen LogP contribution in [0.15, 0.2) is 24.5 Å². The summed E-state index contributed by atoms with van der Waals surface area (Å²) < 4.78 is 48.9. The van der Waals surface area contributed by atoms with Gasteiger partial charge in [0.1, 0.15) is 23.6 Å². The summed E-state index contributed by atoms with van der Waals surface area (Å²) >= 11 is 0. The van der Waals surface area contributed by atoms with Crippen LogP contribution < -0.4 is 5.32 Å². The fourth-order valence-electron chi connectivity index (χ4n) is 8.66. The zero-order valence-corrected chi connectivity index (χ0v) is 35.6. The number of halogens is 1. The van der Waals surface area contributed by atoms with Crippen molar-refractivity contribution in [2.75, 3.05) is 34.3 Å². The van der Waals surface area contributed by atoms with E-state index in [1.54, 1.807) is 54.9 Å². The zero-order valence-electron chi connectivity index (χ0n) is 35.6. The average molecular weight is 819 g/mol. The van der Waals surface area contributed by atoms with E-state index in [2.05, 4.69) is 25.8 Å². The number of aliphatic hydroxyl groups is 1. The Morgan fingerprint density at radius 3 is 2.47 bits per heavy atom. The summed E-state index contributed by atoms with van der Waals surface area (Å²) in [6.45, 7) is 13.2. The number of likely N-dealkylation sites (N-methyl/N-ethyl adjacent to an activating group) is 1. The molecule has 0 aliphatic carbocycles. The molecule has 2 unspecified atom stereocenters. The molecular formula is C40H63FN8O9. The molecule has 0 bridgehead atoms. The van der Waals surface area contributed by atoms with Crippen LogP contribution >= 0.6 is 0 Å². The molecule has 17 nitrogen and oxygen atoms in total. The number of unbranched alkanes of at least 4 members (excludes halogenated alkanes) is 1. The SMILES string of the molecule is CC[C@H]1OC(=O)[C@](C)(F)C(=O)C[C@@H](O[C@@H]2O[C@H](C)CC(N(C)C)C2O)[C@](C)(OC)C[C@@H](C)CN[C@H](C)[C@H]2N(CCCCn3cc(-c4cccnn4)nn3)C(=O)O[C@]12C. The van der Waals surface area contributed by atoms with Gasteiger partial charge >= 0.3 is 12.1 Å². The standard InChI is InChI=1S/C40H63FN8O9/c1-11-31-40(7)34(49(37(53)58-40)18-13-12-17-48-23-28(45-46-48)27-15-14-16-43-44-27)26(4)42-22-24(2)21-38(5,54-10)32(20-30(50)39(6,41)36(52)57-31)56-35-33(51)29(47(8)9)19-25(3)55-35/h14-16,23-26,29,31-35,42,51H,11-13,17-22H2,1-10H3/t24-,25-,26-,29?,31-,32-,33?,34-,35+,38-,39-,40-/m1/s1. The number of aromatic nitrogens is 5. The van der Waals surface area contributed by atoms with Gasteiger partial charge in [-0.3, -0.25) is 14.4 Å². The third-order valence-corrected chi connectivity index (χ3v) is 12.1. The van der Waals surface area contributed by atoms with E-state index < -0.39 is 77.8 Å². The van der Waals surface area contributed by atoms with Crippen LogP contribution in [0, 0.1) is 5.92 Å². The molecule has 3 aliphatic heterocycles. The largest absolute Gasteiger partial charge is 0.455 e. The number of carbonyl (C=O) groups excluding carboxylic acids is 3. The highest BCUT2D eigenvalue weighted by molar-refractivity contribution is 6.07. The molecule has 0 aromatic carbocycles. The molecule has 2 aromatic rings. The summed E-state index contributed by atoms with van der Waals surface area (Å²) in [4.78, 5) is 45.0. The van der Waals surface area contributed by atoms with Gasteiger partial charge in [0.15, 0.2) is 17.7 Å². The van der Waals surface area contributed by atoms with E-state index in [1.165, 1.54) is 7.11 Å². The fraction of sp³-hybridized carbons (Fsp3) is 0.775. The number of ketones is 1. The molecule has 3 saturated heterocycles. The predicted octanol–water partition coefficient (Wildman–Crippen LogP) is 3.34. The second kappa shape index (κ2) is 18.7. The lowest BCUT2D eigenvalue weighted by Gasteiger charge is -2.45. The second-order valence-corrected chi connectivity index (χ2v) is 17.0. The second-order valence-electron chi connectivity index (χ2n) is 17.0. The van der Waals surface area contributed by atoms with Gasteiger partial charge in [0.2, 0.25) is 0 Å². The first-order valence-corrected chi connectivity index (χ1v) is 20.4. The molecule has 58 heavy (non-hydrogen) atoms. The maximum absolute atomic E-state index is 16.7. The number of alkyl halides is 1. The average Bonchev–Trinajstić information content (AvgIpc) is 3.76. The molecule has 5 rings (SSSR count). The number of rotatable bonds is 11. The molecule has 324 valence electrons. The monoisotopic (exact) mass is 818 g/mol.